The van der Waals surface area contributed by atoms with Crippen LogP contribution in [-0.2, 0) is 10.8 Å². The van der Waals surface area contributed by atoms with E-state index in [1.807, 2.05) is 25.1 Å². The number of nitrogens with one attached hydrogen (secondary N) is 1. The Kier molecular flexibility index (Phi) is 3.47. The highest BCUT2D eigenvalue weighted by Crippen LogP contribution is 2.22. The number of amidine groups is 1. The maximum absolute atomic E-state index is 11.3. The third-order valence-electron chi connectivity index (χ3n) is 3.03. The highest BCUT2D eigenvalue weighted by molar-refractivity contribution is 7.85. The van der Waals surface area contributed by atoms with Crippen molar-refractivity contribution in [1.82, 2.24) is 0 Å². The van der Waals surface area contributed by atoms with Gasteiger partial charge in [0.1, 0.15) is 5.84 Å². The Labute approximate surface area is 104 Å². The monoisotopic (exact) mass is 251 g/mol. The van der Waals surface area contributed by atoms with Crippen molar-refractivity contribution in [2.45, 2.75) is 6.92 Å². The minimum absolute atomic E-state index is 0.0967. The molecule has 1 aliphatic heterocycles. The fourth-order valence-electron chi connectivity index (χ4n) is 2.06. The Morgan fingerprint density at radius 1 is 1.41 bits per heavy atom. The molecule has 0 bridgehead atoms. The predicted molar refractivity (Wildman–Crippen MR) is 72.3 cm³/mol. The van der Waals surface area contributed by atoms with Crippen LogP contribution in [0.15, 0.2) is 18.2 Å². The predicted octanol–water partition coefficient (Wildman–Crippen LogP) is 0.848. The molecular weight excluding hydrogens is 234 g/mol. The second-order valence-electron chi connectivity index (χ2n) is 4.25. The number of nitrogen functional groups attached to an aromatic ring is 1. The largest absolute Gasteiger partial charge is 0.384 e. The second kappa shape index (κ2) is 4.87. The fourth-order valence-corrected chi connectivity index (χ4v) is 3.11. The SMILES string of the molecule is Cc1cc(C(=N)N)ccc1N1CCS(=O)CC1. The fraction of sp³-hybridized carbons (Fsp3) is 0.417. The molecule has 5 heteroatoms. The maximum atomic E-state index is 11.3. The van der Waals surface area contributed by atoms with Gasteiger partial charge >= 0.3 is 0 Å². The van der Waals surface area contributed by atoms with Crippen LogP contribution in [0.1, 0.15) is 11.1 Å². The highest BCUT2D eigenvalue weighted by atomic mass is 32.2. The molecule has 1 aromatic carbocycles. The topological polar surface area (TPSA) is 70.2 Å². The van der Waals surface area contributed by atoms with Crippen LogP contribution in [0, 0.1) is 12.3 Å². The summed E-state index contributed by atoms with van der Waals surface area (Å²) in [5, 5.41) is 7.40. The first kappa shape index (κ1) is 12.1. The normalized spacial score (nSPS) is 17.1. The molecule has 2 rings (SSSR count). The number of nitrogens with two attached hydrogens (primary N) is 1. The molecule has 92 valence electrons. The number of nitrogens with zero attached hydrogens (tertiary/aromatic N) is 1. The molecule has 1 aliphatic rings. The molecule has 0 atom stereocenters. The van der Waals surface area contributed by atoms with Gasteiger partial charge < -0.3 is 10.6 Å². The van der Waals surface area contributed by atoms with Crippen LogP contribution in [-0.4, -0.2) is 34.6 Å². The van der Waals surface area contributed by atoms with E-state index >= 15 is 0 Å². The van der Waals surface area contributed by atoms with Crippen molar-refractivity contribution in [3.63, 3.8) is 0 Å². The molecule has 0 aliphatic carbocycles. The average molecular weight is 251 g/mol. The Hall–Kier alpha value is -1.36. The summed E-state index contributed by atoms with van der Waals surface area (Å²) in [7, 11) is -0.649. The van der Waals surface area contributed by atoms with E-state index in [0.717, 1.165) is 41.4 Å². The van der Waals surface area contributed by atoms with E-state index in [-0.39, 0.29) is 5.84 Å². The zero-order chi connectivity index (χ0) is 12.4. The summed E-state index contributed by atoms with van der Waals surface area (Å²) in [5.41, 5.74) is 8.49. The van der Waals surface area contributed by atoms with Gasteiger partial charge in [-0.15, -0.1) is 0 Å². The van der Waals surface area contributed by atoms with Crippen molar-refractivity contribution in [1.29, 1.82) is 5.41 Å². The molecular formula is C12H17N3OS. The molecule has 0 aromatic heterocycles. The van der Waals surface area contributed by atoms with E-state index in [1.165, 1.54) is 0 Å². The van der Waals surface area contributed by atoms with E-state index in [4.69, 9.17) is 11.1 Å². The molecule has 1 heterocycles. The van der Waals surface area contributed by atoms with Crippen molar-refractivity contribution in [2.24, 2.45) is 5.73 Å². The van der Waals surface area contributed by atoms with Gasteiger partial charge in [-0.25, -0.2) is 0 Å². The first-order valence-corrected chi connectivity index (χ1v) is 7.11. The molecule has 1 fully saturated rings. The molecule has 3 N–H and O–H groups in total. The number of hydrogen-bond donors (Lipinski definition) is 2. The quantitative estimate of drug-likeness (QED) is 0.604. The summed E-state index contributed by atoms with van der Waals surface area (Å²) in [5.74, 6) is 1.58. The zero-order valence-electron chi connectivity index (χ0n) is 9.90. The Bertz CT molecular complexity index is 463. The van der Waals surface area contributed by atoms with Crippen LogP contribution in [0.2, 0.25) is 0 Å². The number of rotatable bonds is 2. The molecule has 0 radical (unpaired) electrons. The summed E-state index contributed by atoms with van der Waals surface area (Å²) in [4.78, 5) is 2.25. The molecule has 0 saturated carbocycles. The molecule has 0 spiro atoms. The van der Waals surface area contributed by atoms with E-state index < -0.39 is 10.8 Å². The molecule has 1 aromatic rings. The van der Waals surface area contributed by atoms with Gasteiger partial charge in [0.25, 0.3) is 0 Å². The first-order valence-electron chi connectivity index (χ1n) is 5.63. The van der Waals surface area contributed by atoms with Crippen LogP contribution >= 0.6 is 0 Å². The molecule has 1 saturated heterocycles. The van der Waals surface area contributed by atoms with Gasteiger partial charge in [0.2, 0.25) is 0 Å². The number of aryl methyl sites for hydroxylation is 1. The summed E-state index contributed by atoms with van der Waals surface area (Å²) in [6.07, 6.45) is 0. The van der Waals surface area contributed by atoms with Crippen LogP contribution in [0.3, 0.4) is 0 Å². The van der Waals surface area contributed by atoms with Gasteiger partial charge in [-0.2, -0.15) is 0 Å². The Morgan fingerprint density at radius 2 is 2.06 bits per heavy atom. The third kappa shape index (κ3) is 2.66. The van der Waals surface area contributed by atoms with Gasteiger partial charge in [-0.1, -0.05) is 0 Å². The average Bonchev–Trinajstić information content (AvgIpc) is 2.30. The highest BCUT2D eigenvalue weighted by Gasteiger charge is 2.17. The standard InChI is InChI=1S/C12H17N3OS/c1-9-8-10(12(13)14)2-3-11(9)15-4-6-17(16)7-5-15/h2-3,8H,4-7H2,1H3,(H3,13,14). The van der Waals surface area contributed by atoms with Crippen LogP contribution < -0.4 is 10.6 Å². The summed E-state index contributed by atoms with van der Waals surface area (Å²) in [6.45, 7) is 3.70. The molecule has 0 amide bonds. The Morgan fingerprint density at radius 3 is 2.59 bits per heavy atom. The Balaban J connectivity index is 2.21. The van der Waals surface area contributed by atoms with Crippen molar-refractivity contribution in [2.75, 3.05) is 29.5 Å². The lowest BCUT2D eigenvalue weighted by Gasteiger charge is -2.29. The maximum Gasteiger partial charge on any atom is 0.122 e. The van der Waals surface area contributed by atoms with Crippen molar-refractivity contribution in [3.8, 4) is 0 Å². The summed E-state index contributed by atoms with van der Waals surface area (Å²) >= 11 is 0. The van der Waals surface area contributed by atoms with Crippen LogP contribution in [0.5, 0.6) is 0 Å². The van der Waals surface area contributed by atoms with E-state index in [9.17, 15) is 4.21 Å². The number of anilines is 1. The minimum Gasteiger partial charge on any atom is -0.384 e. The smallest absolute Gasteiger partial charge is 0.122 e. The van der Waals surface area contributed by atoms with Gasteiger partial charge in [0, 0.05) is 46.6 Å². The summed E-state index contributed by atoms with van der Waals surface area (Å²) < 4.78 is 11.3. The van der Waals surface area contributed by atoms with Crippen molar-refractivity contribution >= 4 is 22.3 Å². The van der Waals surface area contributed by atoms with Gasteiger partial charge in [0.15, 0.2) is 0 Å². The molecule has 0 unspecified atom stereocenters. The van der Waals surface area contributed by atoms with Gasteiger partial charge in [-0.05, 0) is 30.7 Å². The molecule has 17 heavy (non-hydrogen) atoms. The lowest BCUT2D eigenvalue weighted by atomic mass is 10.1. The number of benzene rings is 1. The van der Waals surface area contributed by atoms with Crippen molar-refractivity contribution in [3.05, 3.63) is 29.3 Å². The van der Waals surface area contributed by atoms with E-state index in [0.29, 0.717) is 0 Å². The third-order valence-corrected chi connectivity index (χ3v) is 4.30. The van der Waals surface area contributed by atoms with E-state index in [2.05, 4.69) is 4.90 Å². The molecule has 4 nitrogen and oxygen atoms in total. The lowest BCUT2D eigenvalue weighted by molar-refractivity contribution is 0.673. The van der Waals surface area contributed by atoms with Crippen LogP contribution in [0.25, 0.3) is 0 Å². The lowest BCUT2D eigenvalue weighted by Crippen LogP contribution is -2.38. The second-order valence-corrected chi connectivity index (χ2v) is 5.95. The minimum atomic E-state index is -0.649. The zero-order valence-corrected chi connectivity index (χ0v) is 10.7. The van der Waals surface area contributed by atoms with Gasteiger partial charge in [0.05, 0.1) is 0 Å². The number of hydrogen-bond acceptors (Lipinski definition) is 3. The first-order chi connectivity index (χ1) is 8.08. The van der Waals surface area contributed by atoms with E-state index in [1.54, 1.807) is 0 Å². The summed E-state index contributed by atoms with van der Waals surface area (Å²) in [6, 6.07) is 5.81. The van der Waals surface area contributed by atoms with Crippen LogP contribution in [0.4, 0.5) is 5.69 Å². The van der Waals surface area contributed by atoms with Gasteiger partial charge in [-0.3, -0.25) is 9.62 Å². The van der Waals surface area contributed by atoms with Crippen molar-refractivity contribution < 1.29 is 4.21 Å².